The van der Waals surface area contributed by atoms with E-state index in [9.17, 15) is 0 Å². The molecule has 2 unspecified atom stereocenters. The quantitative estimate of drug-likeness (QED) is 0.0509. The summed E-state index contributed by atoms with van der Waals surface area (Å²) in [6.45, 7) is 6.51. The van der Waals surface area contributed by atoms with Gasteiger partial charge in [-0.05, 0) is 43.0 Å². The van der Waals surface area contributed by atoms with Crippen LogP contribution in [0, 0.1) is 5.92 Å². The third kappa shape index (κ3) is 23.0. The molecular weight excluding hydrogens is 527 g/mol. The molecule has 0 aliphatic carbocycles. The largest absolute Gasteiger partial charge is 0.393 e. The van der Waals surface area contributed by atoms with Crippen molar-refractivity contribution in [1.82, 2.24) is 5.48 Å². The minimum Gasteiger partial charge on any atom is -0.393 e. The van der Waals surface area contributed by atoms with Gasteiger partial charge in [-0.1, -0.05) is 168 Å². The smallest absolute Gasteiger partial charge is 0.358 e. The molecule has 40 heavy (non-hydrogen) atoms. The zero-order chi connectivity index (χ0) is 28.8. The van der Waals surface area contributed by atoms with E-state index in [1.807, 2.05) is 0 Å². The predicted octanol–water partition coefficient (Wildman–Crippen LogP) is 12.1. The lowest BCUT2D eigenvalue weighted by Gasteiger charge is -2.34. The Morgan fingerprint density at radius 2 is 1.00 bits per heavy atom. The molecule has 0 bridgehead atoms. The molecule has 0 aromatic heterocycles. The monoisotopic (exact) mass is 600 g/mol. The second-order valence-corrected chi connectivity index (χ2v) is 16.8. The predicted molar refractivity (Wildman–Crippen MR) is 184 cm³/mol. The minimum absolute atomic E-state index is 0.701. The van der Waals surface area contributed by atoms with Crippen molar-refractivity contribution in [3.05, 3.63) is 0 Å². The molecule has 1 heterocycles. The van der Waals surface area contributed by atoms with Crippen LogP contribution in [0.1, 0.15) is 187 Å². The van der Waals surface area contributed by atoms with Gasteiger partial charge in [-0.25, -0.2) is 5.48 Å². The van der Waals surface area contributed by atoms with Crippen LogP contribution in [-0.4, -0.2) is 27.5 Å². The third-order valence-electron chi connectivity index (χ3n) is 9.11. The summed E-state index contributed by atoms with van der Waals surface area (Å²) in [5.74, 6) is 1.63. The number of thiol groups is 1. The molecule has 3 nitrogen and oxygen atoms in total. The van der Waals surface area contributed by atoms with E-state index in [1.165, 1.54) is 167 Å². The Kier molecular flexibility index (Phi) is 28.4. The SMILES string of the molecule is CCCCCCCCCCCCCCCCCCC1CCO[Si](CCCS)(CCCCCCCCCC)ONC1. The van der Waals surface area contributed by atoms with E-state index in [4.69, 9.17) is 8.95 Å². The van der Waals surface area contributed by atoms with E-state index in [0.29, 0.717) is 5.92 Å². The standard InChI is InChI=1S/C35H73NO2SSi/c1-3-5-7-9-11-13-14-15-16-17-18-19-20-21-23-25-28-35-29-30-37-40(33-27-31-39,38-36-34-35)32-26-24-22-12-10-8-6-4-2/h35-36,39H,3-34H2,1-2H3. The molecule has 1 aliphatic heterocycles. The van der Waals surface area contributed by atoms with E-state index in [1.54, 1.807) is 0 Å². The Balaban J connectivity index is 2.03. The fourth-order valence-corrected chi connectivity index (χ4v) is 9.91. The van der Waals surface area contributed by atoms with Gasteiger partial charge in [0.15, 0.2) is 0 Å². The Morgan fingerprint density at radius 3 is 1.48 bits per heavy atom. The van der Waals surface area contributed by atoms with Crippen LogP contribution in [0.4, 0.5) is 0 Å². The summed E-state index contributed by atoms with van der Waals surface area (Å²) in [4.78, 5) is 0. The topological polar surface area (TPSA) is 30.5 Å². The molecule has 2 atom stereocenters. The van der Waals surface area contributed by atoms with E-state index in [0.717, 1.165) is 37.4 Å². The van der Waals surface area contributed by atoms with Gasteiger partial charge in [-0.15, -0.1) is 0 Å². The molecule has 1 fully saturated rings. The summed E-state index contributed by atoms with van der Waals surface area (Å²) < 4.78 is 13.0. The van der Waals surface area contributed by atoms with Gasteiger partial charge in [0, 0.05) is 13.2 Å². The van der Waals surface area contributed by atoms with Gasteiger partial charge in [0.25, 0.3) is 0 Å². The lowest BCUT2D eigenvalue weighted by atomic mass is 9.97. The average Bonchev–Trinajstić information content (AvgIpc) is 2.95. The summed E-state index contributed by atoms with van der Waals surface area (Å²) in [5, 5.41) is 0. The average molecular weight is 600 g/mol. The summed E-state index contributed by atoms with van der Waals surface area (Å²) in [6, 6.07) is 2.23. The molecule has 0 aromatic rings. The second kappa shape index (κ2) is 29.5. The Hall–Kier alpha value is 0.447. The summed E-state index contributed by atoms with van der Waals surface area (Å²) in [5.41, 5.74) is 3.43. The summed E-state index contributed by atoms with van der Waals surface area (Å²) in [7, 11) is -2.13. The maximum atomic E-state index is 6.62. The third-order valence-corrected chi connectivity index (χ3v) is 12.9. The number of rotatable bonds is 29. The lowest BCUT2D eigenvalue weighted by Crippen LogP contribution is -2.49. The molecule has 1 saturated heterocycles. The first kappa shape index (κ1) is 38.5. The van der Waals surface area contributed by atoms with Gasteiger partial charge in [-0.3, -0.25) is 0 Å². The Morgan fingerprint density at radius 1 is 0.575 bits per heavy atom. The number of hydrogen-bond acceptors (Lipinski definition) is 4. The maximum Gasteiger partial charge on any atom is 0.358 e. The number of hydrogen-bond donors (Lipinski definition) is 2. The molecule has 1 N–H and O–H groups in total. The first-order valence-corrected chi connectivity index (χ1v) is 21.3. The molecule has 0 radical (unpaired) electrons. The van der Waals surface area contributed by atoms with Gasteiger partial charge in [0.05, 0.1) is 0 Å². The number of nitrogens with one attached hydrogen (secondary N) is 1. The Labute approximate surface area is 259 Å². The van der Waals surface area contributed by atoms with E-state index >= 15 is 0 Å². The molecule has 1 rings (SSSR count). The normalized spacial score (nSPS) is 20.0. The molecule has 0 amide bonds. The number of unbranched alkanes of at least 4 members (excludes halogenated alkanes) is 22. The first-order valence-electron chi connectivity index (χ1n) is 18.4. The van der Waals surface area contributed by atoms with Crippen LogP contribution in [0.2, 0.25) is 12.1 Å². The van der Waals surface area contributed by atoms with Gasteiger partial charge in [-0.2, -0.15) is 12.6 Å². The summed E-state index contributed by atoms with van der Waals surface area (Å²) in [6.07, 6.45) is 37.6. The molecular formula is C35H73NO2SSi. The molecule has 0 aromatic carbocycles. The fourth-order valence-electron chi connectivity index (χ4n) is 6.31. The van der Waals surface area contributed by atoms with Crippen molar-refractivity contribution in [3.8, 4) is 0 Å². The van der Waals surface area contributed by atoms with Gasteiger partial charge in [0.1, 0.15) is 0 Å². The van der Waals surface area contributed by atoms with Crippen molar-refractivity contribution in [2.75, 3.05) is 18.9 Å². The molecule has 1 aliphatic rings. The van der Waals surface area contributed by atoms with E-state index in [2.05, 4.69) is 32.0 Å². The zero-order valence-corrected chi connectivity index (χ0v) is 29.4. The van der Waals surface area contributed by atoms with E-state index in [-0.39, 0.29) is 0 Å². The molecule has 0 spiro atoms. The zero-order valence-electron chi connectivity index (χ0n) is 27.5. The minimum atomic E-state index is -2.13. The van der Waals surface area contributed by atoms with Gasteiger partial charge in [0.2, 0.25) is 0 Å². The Bertz CT molecular complexity index is 500. The van der Waals surface area contributed by atoms with Crippen LogP contribution in [0.25, 0.3) is 0 Å². The second-order valence-electron chi connectivity index (χ2n) is 13.0. The van der Waals surface area contributed by atoms with E-state index < -0.39 is 8.56 Å². The van der Waals surface area contributed by atoms with Gasteiger partial charge >= 0.3 is 8.56 Å². The van der Waals surface area contributed by atoms with Crippen molar-refractivity contribution >= 4 is 21.2 Å². The van der Waals surface area contributed by atoms with Crippen LogP contribution < -0.4 is 5.48 Å². The van der Waals surface area contributed by atoms with Crippen LogP contribution in [0.5, 0.6) is 0 Å². The highest BCUT2D eigenvalue weighted by molar-refractivity contribution is 7.80. The highest BCUT2D eigenvalue weighted by atomic mass is 32.1. The van der Waals surface area contributed by atoms with Crippen molar-refractivity contribution < 1.29 is 8.95 Å². The van der Waals surface area contributed by atoms with Crippen molar-refractivity contribution in [2.24, 2.45) is 5.92 Å². The van der Waals surface area contributed by atoms with Crippen LogP contribution in [0.15, 0.2) is 0 Å². The first-order chi connectivity index (χ1) is 19.8. The molecule has 240 valence electrons. The molecule has 0 saturated carbocycles. The van der Waals surface area contributed by atoms with Gasteiger partial charge < -0.3 is 8.95 Å². The highest BCUT2D eigenvalue weighted by Crippen LogP contribution is 2.27. The van der Waals surface area contributed by atoms with Crippen LogP contribution in [-0.2, 0) is 8.95 Å². The molecule has 5 heteroatoms. The van der Waals surface area contributed by atoms with Crippen molar-refractivity contribution in [3.63, 3.8) is 0 Å². The summed E-state index contributed by atoms with van der Waals surface area (Å²) >= 11 is 4.48. The van der Waals surface area contributed by atoms with Crippen LogP contribution in [0.3, 0.4) is 0 Å². The van der Waals surface area contributed by atoms with Crippen LogP contribution >= 0.6 is 12.6 Å². The van der Waals surface area contributed by atoms with Crippen molar-refractivity contribution in [1.29, 1.82) is 0 Å². The number of hydroxylamine groups is 1. The highest BCUT2D eigenvalue weighted by Gasteiger charge is 2.38. The fraction of sp³-hybridized carbons (Fsp3) is 1.00. The van der Waals surface area contributed by atoms with Crippen molar-refractivity contribution in [2.45, 2.75) is 199 Å². The lowest BCUT2D eigenvalue weighted by molar-refractivity contribution is 0.0631. The maximum absolute atomic E-state index is 6.62.